The van der Waals surface area contributed by atoms with Gasteiger partial charge in [-0.2, -0.15) is 0 Å². The highest BCUT2D eigenvalue weighted by atomic mass is 16.6. The second-order valence-electron chi connectivity index (χ2n) is 10.6. The average Bonchev–Trinajstić information content (AvgIpc) is 3.01. The molecule has 4 fully saturated rings. The summed E-state index contributed by atoms with van der Waals surface area (Å²) >= 11 is 0. The lowest BCUT2D eigenvalue weighted by molar-refractivity contribution is -0.134. The van der Waals surface area contributed by atoms with Gasteiger partial charge < -0.3 is 26.1 Å². The van der Waals surface area contributed by atoms with E-state index in [1.54, 1.807) is 0 Å². The second-order valence-corrected chi connectivity index (χ2v) is 10.6. The lowest BCUT2D eigenvalue weighted by Gasteiger charge is -2.54. The topological polar surface area (TPSA) is 151 Å². The van der Waals surface area contributed by atoms with Crippen molar-refractivity contribution < 1.29 is 29.4 Å². The van der Waals surface area contributed by atoms with E-state index >= 15 is 0 Å². The number of ketones is 1. The van der Waals surface area contributed by atoms with Crippen LogP contribution in [0.5, 0.6) is 0 Å². The van der Waals surface area contributed by atoms with Gasteiger partial charge >= 0.3 is 11.9 Å². The predicted molar refractivity (Wildman–Crippen MR) is 127 cm³/mol. The molecule has 1 saturated heterocycles. The van der Waals surface area contributed by atoms with Crippen LogP contribution in [-0.4, -0.2) is 59.4 Å². The van der Waals surface area contributed by atoms with Crippen LogP contribution < -0.4 is 11.1 Å². The van der Waals surface area contributed by atoms with Crippen molar-refractivity contribution in [1.29, 1.82) is 0 Å². The first-order valence-electron chi connectivity index (χ1n) is 12.4. The third-order valence-electron chi connectivity index (χ3n) is 8.84. The Bertz CT molecular complexity index is 827. The van der Waals surface area contributed by atoms with Crippen LogP contribution in [0, 0.1) is 28.6 Å². The quantitative estimate of drug-likeness (QED) is 0.268. The molecule has 9 heteroatoms. The summed E-state index contributed by atoms with van der Waals surface area (Å²) in [5, 5.41) is 23.9. The molecule has 0 aromatic heterocycles. The molecule has 6 atom stereocenters. The van der Waals surface area contributed by atoms with Gasteiger partial charge in [0.25, 0.3) is 0 Å². The van der Waals surface area contributed by atoms with E-state index in [-0.39, 0.29) is 5.41 Å². The number of nitrogens with zero attached hydrogens (tertiary/aromatic N) is 1. The minimum Gasteiger partial charge on any atom is -0.478 e. The maximum absolute atomic E-state index is 12.6. The van der Waals surface area contributed by atoms with Gasteiger partial charge in [0.05, 0.1) is 5.71 Å². The Labute approximate surface area is 201 Å². The van der Waals surface area contributed by atoms with Crippen molar-refractivity contribution in [2.24, 2.45) is 39.5 Å². The zero-order valence-corrected chi connectivity index (χ0v) is 20.3. The minimum atomic E-state index is -1.26. The van der Waals surface area contributed by atoms with Gasteiger partial charge in [-0.3, -0.25) is 4.79 Å². The summed E-state index contributed by atoms with van der Waals surface area (Å²) in [5.74, 6) is -0.109. The number of hydrogen-bond donors (Lipinski definition) is 4. The van der Waals surface area contributed by atoms with Gasteiger partial charge in [0, 0.05) is 36.6 Å². The number of oxime groups is 1. The molecule has 5 N–H and O–H groups in total. The lowest BCUT2D eigenvalue weighted by atomic mass is 9.52. The molecule has 0 radical (unpaired) electrons. The first-order valence-corrected chi connectivity index (χ1v) is 12.4. The Balaban J connectivity index is 0.000000350. The molecule has 0 spiro atoms. The van der Waals surface area contributed by atoms with E-state index in [4.69, 9.17) is 20.8 Å². The van der Waals surface area contributed by atoms with Gasteiger partial charge in [0.2, 0.25) is 0 Å². The lowest BCUT2D eigenvalue weighted by Crippen LogP contribution is -2.56. The Hall–Kier alpha value is -2.26. The maximum atomic E-state index is 12.6. The third kappa shape index (κ3) is 5.51. The summed E-state index contributed by atoms with van der Waals surface area (Å²) in [6, 6.07) is 0.516. The van der Waals surface area contributed by atoms with Gasteiger partial charge in [-0.25, -0.2) is 9.59 Å². The van der Waals surface area contributed by atoms with Crippen molar-refractivity contribution in [3.63, 3.8) is 0 Å². The van der Waals surface area contributed by atoms with Gasteiger partial charge in [0.15, 0.2) is 0 Å². The van der Waals surface area contributed by atoms with E-state index in [1.165, 1.54) is 25.0 Å². The van der Waals surface area contributed by atoms with Crippen LogP contribution in [0.2, 0.25) is 0 Å². The molecule has 1 aliphatic heterocycles. The number of hydrogen-bond acceptors (Lipinski definition) is 7. The van der Waals surface area contributed by atoms with E-state index in [1.807, 2.05) is 0 Å². The fraction of sp³-hybridized carbons (Fsp3) is 0.760. The molecule has 4 aliphatic rings. The SMILES string of the molecule is C[C@]12CC/C(=N/OCCN)CC1CCN[C@@H]1[C@@H]2CC[C@]2(C)C(=O)CC[C@@H]12.O=C(O)/C=C/C(=O)O. The molecule has 3 saturated carbocycles. The van der Waals surface area contributed by atoms with E-state index in [0.717, 1.165) is 38.6 Å². The van der Waals surface area contributed by atoms with Crippen molar-refractivity contribution in [2.75, 3.05) is 19.7 Å². The highest BCUT2D eigenvalue weighted by Crippen LogP contribution is 2.59. The first kappa shape index (κ1) is 26.3. The Morgan fingerprint density at radius 1 is 1.12 bits per heavy atom. The third-order valence-corrected chi connectivity index (χ3v) is 8.84. The van der Waals surface area contributed by atoms with E-state index in [9.17, 15) is 14.4 Å². The van der Waals surface area contributed by atoms with E-state index < -0.39 is 11.9 Å². The monoisotopic (exact) mass is 477 g/mol. The highest BCUT2D eigenvalue weighted by Gasteiger charge is 2.59. The van der Waals surface area contributed by atoms with Gasteiger partial charge in [0.1, 0.15) is 12.4 Å². The number of carboxylic acid groups (broad SMARTS) is 2. The highest BCUT2D eigenvalue weighted by molar-refractivity contribution is 5.89. The first-order chi connectivity index (χ1) is 16.1. The minimum absolute atomic E-state index is 0.0677. The van der Waals surface area contributed by atoms with Crippen LogP contribution in [-0.2, 0) is 19.2 Å². The van der Waals surface area contributed by atoms with Crippen LogP contribution in [0.4, 0.5) is 0 Å². The zero-order valence-electron chi connectivity index (χ0n) is 20.3. The molecule has 0 bridgehead atoms. The van der Waals surface area contributed by atoms with Crippen molar-refractivity contribution in [3.05, 3.63) is 12.2 Å². The Morgan fingerprint density at radius 2 is 1.82 bits per heavy atom. The smallest absolute Gasteiger partial charge is 0.328 e. The molecule has 9 nitrogen and oxygen atoms in total. The molecule has 1 heterocycles. The predicted octanol–water partition coefficient (Wildman–Crippen LogP) is 2.59. The number of rotatable bonds is 5. The molecular formula is C25H39N3O6. The normalized spacial score (nSPS) is 38.2. The average molecular weight is 478 g/mol. The van der Waals surface area contributed by atoms with Crippen molar-refractivity contribution >= 4 is 23.4 Å². The number of nitrogens with two attached hydrogens (primary N) is 1. The number of fused-ring (bicyclic) bond motifs is 5. The summed E-state index contributed by atoms with van der Waals surface area (Å²) in [5.41, 5.74) is 7.01. The second kappa shape index (κ2) is 11.0. The molecule has 0 aromatic carbocycles. The summed E-state index contributed by atoms with van der Waals surface area (Å²) < 4.78 is 0. The number of carbonyl (C=O) groups is 3. The fourth-order valence-corrected chi connectivity index (χ4v) is 6.93. The molecule has 3 aliphatic carbocycles. The number of carbonyl (C=O) groups excluding carboxylic acids is 1. The number of carboxylic acids is 2. The fourth-order valence-electron chi connectivity index (χ4n) is 6.93. The molecule has 1 unspecified atom stereocenters. The Morgan fingerprint density at radius 3 is 2.47 bits per heavy atom. The molecular weight excluding hydrogens is 438 g/mol. The van der Waals surface area contributed by atoms with Crippen molar-refractivity contribution in [1.82, 2.24) is 5.32 Å². The van der Waals surface area contributed by atoms with Gasteiger partial charge in [-0.15, -0.1) is 0 Å². The van der Waals surface area contributed by atoms with Crippen LogP contribution in [0.25, 0.3) is 0 Å². The standard InChI is InChI=1S/C21H35N3O2.C4H4O4/c1-20-8-5-15(24-26-12-10-22)13-14(20)7-11-23-19-16-3-4-18(25)21(16,2)9-6-17(19)20;5-3(6)1-2-4(7)8/h14,16-17,19,23H,3-13,22H2,1-2H3;1-2H,(H,5,6)(H,7,8)/b24-15-;2-1+/t14?,16-,17-,19-,20-,21-;/m0./s1. The zero-order chi connectivity index (χ0) is 24.9. The summed E-state index contributed by atoms with van der Waals surface area (Å²) in [6.45, 7) is 6.87. The maximum Gasteiger partial charge on any atom is 0.328 e. The number of Topliss-reactive ketones (excluding diaryl/α,β-unsaturated/α-hetero) is 1. The summed E-state index contributed by atoms with van der Waals surface area (Å²) in [6.07, 6.45) is 9.78. The summed E-state index contributed by atoms with van der Waals surface area (Å²) in [7, 11) is 0. The summed E-state index contributed by atoms with van der Waals surface area (Å²) in [4.78, 5) is 37.0. The van der Waals surface area contributed by atoms with E-state index in [2.05, 4.69) is 24.3 Å². The van der Waals surface area contributed by atoms with Crippen LogP contribution >= 0.6 is 0 Å². The van der Waals surface area contributed by atoms with Crippen molar-refractivity contribution in [3.8, 4) is 0 Å². The van der Waals surface area contributed by atoms with E-state index in [0.29, 0.717) is 60.3 Å². The molecule has 4 rings (SSSR count). The number of aliphatic carboxylic acids is 2. The largest absolute Gasteiger partial charge is 0.478 e. The molecule has 190 valence electrons. The van der Waals surface area contributed by atoms with Crippen LogP contribution in [0.1, 0.15) is 65.2 Å². The molecule has 34 heavy (non-hydrogen) atoms. The van der Waals surface area contributed by atoms with Crippen molar-refractivity contribution in [2.45, 2.75) is 71.3 Å². The van der Waals surface area contributed by atoms with Gasteiger partial charge in [-0.05, 0) is 74.7 Å². The van der Waals surface area contributed by atoms with Crippen LogP contribution in [0.3, 0.4) is 0 Å². The van der Waals surface area contributed by atoms with Gasteiger partial charge in [-0.1, -0.05) is 19.0 Å². The Kier molecular flexibility index (Phi) is 8.52. The number of nitrogens with one attached hydrogen (secondary N) is 1. The van der Waals surface area contributed by atoms with Crippen LogP contribution in [0.15, 0.2) is 17.3 Å². The molecule has 0 amide bonds. The molecule has 0 aromatic rings.